The second kappa shape index (κ2) is 16.1. The molecule has 0 aliphatic heterocycles. The van der Waals surface area contributed by atoms with E-state index in [9.17, 15) is 19.7 Å². The van der Waals surface area contributed by atoms with Gasteiger partial charge in [-0.25, -0.2) is 0 Å². The van der Waals surface area contributed by atoms with Gasteiger partial charge >= 0.3 is 0 Å². The molecule has 0 radical (unpaired) electrons. The fourth-order valence-electron chi connectivity index (χ4n) is 4.09. The number of nitro groups is 1. The maximum Gasteiger partial charge on any atom is 0.269 e. The molecule has 218 valence electrons. The molecule has 1 aromatic heterocycles. The number of ether oxygens (including phenoxy) is 3. The Morgan fingerprint density at radius 2 is 1.73 bits per heavy atom. The van der Waals surface area contributed by atoms with Crippen LogP contribution < -0.4 is 9.47 Å². The van der Waals surface area contributed by atoms with Crippen molar-refractivity contribution >= 4 is 34.9 Å². The second-order valence-corrected chi connectivity index (χ2v) is 10.2. The summed E-state index contributed by atoms with van der Waals surface area (Å²) in [5.74, 6) is 0.753. The van der Waals surface area contributed by atoms with Crippen molar-refractivity contribution in [3.05, 3.63) is 92.2 Å². The lowest BCUT2D eigenvalue weighted by atomic mass is 10.1. The first kappa shape index (κ1) is 31.3. The number of thiophene rings is 1. The van der Waals surface area contributed by atoms with Gasteiger partial charge in [0.05, 0.1) is 25.7 Å². The van der Waals surface area contributed by atoms with Gasteiger partial charge in [0.1, 0.15) is 6.54 Å². The number of carbonyl (C=O) groups is 2. The molecule has 0 aliphatic carbocycles. The predicted octanol–water partition coefficient (Wildman–Crippen LogP) is 4.82. The molecular formula is C30H35N3O7S. The highest BCUT2D eigenvalue weighted by Crippen LogP contribution is 2.28. The van der Waals surface area contributed by atoms with E-state index in [0.717, 1.165) is 10.4 Å². The lowest BCUT2D eigenvalue weighted by molar-refractivity contribution is -0.384. The van der Waals surface area contributed by atoms with Crippen molar-refractivity contribution in [3.8, 4) is 11.5 Å². The molecule has 2 aromatic carbocycles. The number of nitrogens with zero attached hydrogens (tertiary/aromatic N) is 3. The van der Waals surface area contributed by atoms with Gasteiger partial charge in [-0.05, 0) is 65.8 Å². The molecule has 0 unspecified atom stereocenters. The van der Waals surface area contributed by atoms with E-state index in [0.29, 0.717) is 56.1 Å². The first-order valence-corrected chi connectivity index (χ1v) is 13.9. The smallest absolute Gasteiger partial charge is 0.269 e. The van der Waals surface area contributed by atoms with Crippen LogP contribution in [0, 0.1) is 10.1 Å². The summed E-state index contributed by atoms with van der Waals surface area (Å²) in [6, 6.07) is 15.5. The van der Waals surface area contributed by atoms with Crippen molar-refractivity contribution in [2.75, 3.05) is 47.6 Å². The number of non-ortho nitro benzene ring substituents is 1. The molecule has 0 saturated carbocycles. The van der Waals surface area contributed by atoms with Crippen LogP contribution in [0.25, 0.3) is 6.08 Å². The third-order valence-corrected chi connectivity index (χ3v) is 7.20. The number of carbonyl (C=O) groups excluding carboxylic acids is 2. The first-order chi connectivity index (χ1) is 19.8. The average molecular weight is 582 g/mol. The standard InChI is InChI=1S/C30H35N3O7S/c1-38-18-5-16-31(29(34)14-10-23-7-11-25(12-8-23)33(36)37)22-30(35)32(21-26-6-4-19-41-26)17-15-24-9-13-27(39-2)28(20-24)40-3/h4,6-14,19-20H,5,15-18,21-22H2,1-3H3/b14-10+. The SMILES string of the molecule is COCCCN(CC(=O)N(CCc1ccc(OC)c(OC)c1)Cc1cccs1)C(=O)/C=C/c1ccc([N+](=O)[O-])cc1. The van der Waals surface area contributed by atoms with Gasteiger partial charge in [0, 0.05) is 49.9 Å². The fourth-order valence-corrected chi connectivity index (χ4v) is 4.81. The highest BCUT2D eigenvalue weighted by Gasteiger charge is 2.21. The van der Waals surface area contributed by atoms with E-state index in [1.807, 2.05) is 35.7 Å². The molecule has 0 aliphatic rings. The van der Waals surface area contributed by atoms with Gasteiger partial charge in [-0.15, -0.1) is 11.3 Å². The molecule has 2 amide bonds. The molecule has 0 bridgehead atoms. The number of rotatable bonds is 16. The number of methoxy groups -OCH3 is 3. The molecule has 11 heteroatoms. The van der Waals surface area contributed by atoms with Crippen molar-refractivity contribution in [3.63, 3.8) is 0 Å². The van der Waals surface area contributed by atoms with Crippen LogP contribution in [0.2, 0.25) is 0 Å². The molecule has 3 rings (SSSR count). The number of benzene rings is 2. The Morgan fingerprint density at radius 1 is 0.976 bits per heavy atom. The number of hydrogen-bond acceptors (Lipinski definition) is 8. The van der Waals surface area contributed by atoms with E-state index in [2.05, 4.69) is 0 Å². The Balaban J connectivity index is 1.74. The number of nitro benzene ring substituents is 1. The maximum absolute atomic E-state index is 13.6. The number of amides is 2. The summed E-state index contributed by atoms with van der Waals surface area (Å²) in [6.07, 6.45) is 4.13. The highest BCUT2D eigenvalue weighted by atomic mass is 32.1. The lowest BCUT2D eigenvalue weighted by Crippen LogP contribution is -2.43. The van der Waals surface area contributed by atoms with Gasteiger partial charge in [-0.2, -0.15) is 0 Å². The Kier molecular flexibility index (Phi) is 12.3. The number of hydrogen-bond donors (Lipinski definition) is 0. The van der Waals surface area contributed by atoms with Gasteiger partial charge in [0.2, 0.25) is 11.8 Å². The molecule has 0 fully saturated rings. The van der Waals surface area contributed by atoms with Gasteiger partial charge in [0.15, 0.2) is 11.5 Å². The van der Waals surface area contributed by atoms with Crippen molar-refractivity contribution in [1.29, 1.82) is 0 Å². The Bertz CT molecular complexity index is 1310. The zero-order valence-corrected chi connectivity index (χ0v) is 24.3. The quantitative estimate of drug-likeness (QED) is 0.103. The lowest BCUT2D eigenvalue weighted by Gasteiger charge is -2.27. The average Bonchev–Trinajstić information content (AvgIpc) is 3.50. The predicted molar refractivity (Wildman–Crippen MR) is 158 cm³/mol. The third-order valence-electron chi connectivity index (χ3n) is 6.33. The Labute approximate surface area is 243 Å². The Hall–Kier alpha value is -4.22. The third kappa shape index (κ3) is 9.73. The molecule has 0 N–H and O–H groups in total. The van der Waals surface area contributed by atoms with Crippen LogP contribution in [0.4, 0.5) is 5.69 Å². The monoisotopic (exact) mass is 581 g/mol. The van der Waals surface area contributed by atoms with Crippen LogP contribution in [0.15, 0.2) is 66.1 Å². The summed E-state index contributed by atoms with van der Waals surface area (Å²) in [5, 5.41) is 12.9. The summed E-state index contributed by atoms with van der Waals surface area (Å²) >= 11 is 1.57. The van der Waals surface area contributed by atoms with Gasteiger partial charge in [0.25, 0.3) is 5.69 Å². The maximum atomic E-state index is 13.6. The first-order valence-electron chi connectivity index (χ1n) is 13.1. The van der Waals surface area contributed by atoms with Crippen molar-refractivity contribution < 1.29 is 28.7 Å². The van der Waals surface area contributed by atoms with Crippen molar-refractivity contribution in [2.45, 2.75) is 19.4 Å². The van der Waals surface area contributed by atoms with Crippen LogP contribution in [0.5, 0.6) is 11.5 Å². The topological polar surface area (TPSA) is 111 Å². The van der Waals surface area contributed by atoms with E-state index < -0.39 is 4.92 Å². The van der Waals surface area contributed by atoms with Crippen LogP contribution >= 0.6 is 11.3 Å². The minimum atomic E-state index is -0.477. The normalized spacial score (nSPS) is 10.9. The summed E-state index contributed by atoms with van der Waals surface area (Å²) < 4.78 is 15.9. The zero-order valence-electron chi connectivity index (χ0n) is 23.5. The zero-order chi connectivity index (χ0) is 29.6. The van der Waals surface area contributed by atoms with Crippen LogP contribution in [0.3, 0.4) is 0 Å². The minimum Gasteiger partial charge on any atom is -0.493 e. The molecule has 41 heavy (non-hydrogen) atoms. The van der Waals surface area contributed by atoms with Crippen LogP contribution in [-0.4, -0.2) is 74.1 Å². The summed E-state index contributed by atoms with van der Waals surface area (Å²) in [6.45, 7) is 1.58. The largest absolute Gasteiger partial charge is 0.493 e. The summed E-state index contributed by atoms with van der Waals surface area (Å²) in [4.78, 5) is 41.5. The second-order valence-electron chi connectivity index (χ2n) is 9.12. The summed E-state index contributed by atoms with van der Waals surface area (Å²) in [5.41, 5.74) is 1.60. The molecular weight excluding hydrogens is 546 g/mol. The van der Waals surface area contributed by atoms with Gasteiger partial charge < -0.3 is 24.0 Å². The molecule has 0 saturated heterocycles. The molecule has 1 heterocycles. The highest BCUT2D eigenvalue weighted by molar-refractivity contribution is 7.09. The molecule has 10 nitrogen and oxygen atoms in total. The van der Waals surface area contributed by atoms with E-state index in [1.165, 1.54) is 23.1 Å². The van der Waals surface area contributed by atoms with Crippen LogP contribution in [-0.2, 0) is 27.3 Å². The molecule has 0 atom stereocenters. The van der Waals surface area contributed by atoms with Gasteiger partial charge in [-0.3, -0.25) is 19.7 Å². The van der Waals surface area contributed by atoms with E-state index in [-0.39, 0.29) is 24.0 Å². The van der Waals surface area contributed by atoms with E-state index >= 15 is 0 Å². The Morgan fingerprint density at radius 3 is 2.37 bits per heavy atom. The van der Waals surface area contributed by atoms with Crippen molar-refractivity contribution in [2.24, 2.45) is 0 Å². The van der Waals surface area contributed by atoms with Crippen molar-refractivity contribution in [1.82, 2.24) is 9.80 Å². The molecule has 3 aromatic rings. The summed E-state index contributed by atoms with van der Waals surface area (Å²) in [7, 11) is 4.75. The van der Waals surface area contributed by atoms with E-state index in [4.69, 9.17) is 14.2 Å². The van der Waals surface area contributed by atoms with E-state index in [1.54, 1.807) is 55.8 Å². The van der Waals surface area contributed by atoms with Crippen LogP contribution in [0.1, 0.15) is 22.4 Å². The molecule has 0 spiro atoms. The minimum absolute atomic E-state index is 0.0285. The fraction of sp³-hybridized carbons (Fsp3) is 0.333. The van der Waals surface area contributed by atoms with Gasteiger partial charge in [-0.1, -0.05) is 12.1 Å².